The van der Waals surface area contributed by atoms with Gasteiger partial charge in [0.05, 0.1) is 18.3 Å². The first kappa shape index (κ1) is 16.5. The molecule has 2 heterocycles. The molecule has 0 unspecified atom stereocenters. The van der Waals surface area contributed by atoms with Crippen LogP contribution in [0.4, 0.5) is 4.79 Å². The molecule has 128 valence electrons. The van der Waals surface area contributed by atoms with Gasteiger partial charge in [0.2, 0.25) is 0 Å². The Kier molecular flexibility index (Phi) is 5.15. The van der Waals surface area contributed by atoms with E-state index in [0.717, 1.165) is 24.0 Å². The molecule has 0 aliphatic carbocycles. The molecule has 24 heavy (non-hydrogen) atoms. The van der Waals surface area contributed by atoms with Gasteiger partial charge in [-0.15, -0.1) is 0 Å². The van der Waals surface area contributed by atoms with Gasteiger partial charge in [-0.2, -0.15) is 5.10 Å². The normalized spacial score (nSPS) is 21.9. The number of carbonyl (C=O) groups excluding carboxylic acids is 1. The highest BCUT2D eigenvalue weighted by Crippen LogP contribution is 2.28. The van der Waals surface area contributed by atoms with Crippen molar-refractivity contribution < 1.29 is 9.53 Å². The summed E-state index contributed by atoms with van der Waals surface area (Å²) in [6.45, 7) is 2.69. The van der Waals surface area contributed by atoms with Crippen molar-refractivity contribution in [3.8, 4) is 0 Å². The number of hydrogen-bond donors (Lipinski definition) is 2. The number of amides is 2. The third-order valence-electron chi connectivity index (χ3n) is 4.34. The van der Waals surface area contributed by atoms with Crippen LogP contribution in [0.25, 0.3) is 0 Å². The van der Waals surface area contributed by atoms with Gasteiger partial charge in [0.25, 0.3) is 0 Å². The van der Waals surface area contributed by atoms with Gasteiger partial charge < -0.3 is 15.4 Å². The summed E-state index contributed by atoms with van der Waals surface area (Å²) in [5, 5.41) is 10.3. The first-order valence-electron chi connectivity index (χ1n) is 8.35. The number of nitrogens with zero attached hydrogens (tertiary/aromatic N) is 2. The molecule has 2 aromatic rings. The third-order valence-corrected chi connectivity index (χ3v) is 4.34. The largest absolute Gasteiger partial charge is 0.371 e. The lowest BCUT2D eigenvalue weighted by molar-refractivity contribution is -0.00753. The average Bonchev–Trinajstić information content (AvgIpc) is 3.02. The maximum atomic E-state index is 12.4. The third kappa shape index (κ3) is 3.94. The van der Waals surface area contributed by atoms with Crippen LogP contribution in [0, 0.1) is 0 Å². The summed E-state index contributed by atoms with van der Waals surface area (Å²) < 4.78 is 7.64. The van der Waals surface area contributed by atoms with Crippen LogP contribution in [0.3, 0.4) is 0 Å². The topological polar surface area (TPSA) is 68.2 Å². The monoisotopic (exact) mass is 328 g/mol. The molecule has 6 heteroatoms. The van der Waals surface area contributed by atoms with Gasteiger partial charge in [0.15, 0.2) is 0 Å². The van der Waals surface area contributed by atoms with E-state index in [0.29, 0.717) is 6.61 Å². The van der Waals surface area contributed by atoms with Crippen molar-refractivity contribution >= 4 is 6.03 Å². The Morgan fingerprint density at radius 3 is 2.88 bits per heavy atom. The van der Waals surface area contributed by atoms with E-state index >= 15 is 0 Å². The number of aryl methyl sites for hydroxylation is 1. The van der Waals surface area contributed by atoms with Crippen molar-refractivity contribution in [1.29, 1.82) is 0 Å². The average molecular weight is 328 g/mol. The zero-order chi connectivity index (χ0) is 16.9. The summed E-state index contributed by atoms with van der Waals surface area (Å²) in [7, 11) is 1.88. The van der Waals surface area contributed by atoms with Crippen LogP contribution in [0.15, 0.2) is 42.7 Å². The van der Waals surface area contributed by atoms with Crippen molar-refractivity contribution in [2.24, 2.45) is 7.05 Å². The fraction of sp³-hybridized carbons (Fsp3) is 0.444. The number of aromatic nitrogens is 2. The Balaban J connectivity index is 1.61. The Morgan fingerprint density at radius 2 is 2.17 bits per heavy atom. The standard InChI is InChI=1S/C18H24N4O2/c1-13(14-7-4-3-5-8-14)20-18(23)21-16-9-6-10-24-17(16)15-11-19-22(2)12-15/h3-5,7-8,11-13,16-17H,6,9-10H2,1-2H3,(H2,20,21,23)/t13-,16+,17-/m1/s1. The molecule has 3 rings (SSSR count). The number of rotatable bonds is 4. The summed E-state index contributed by atoms with van der Waals surface area (Å²) in [6.07, 6.45) is 5.43. The SMILES string of the molecule is C[C@@H](NC(=O)N[C@H]1CCCO[C@@H]1c1cnn(C)c1)c1ccccc1. The van der Waals surface area contributed by atoms with Gasteiger partial charge >= 0.3 is 6.03 Å². The highest BCUT2D eigenvalue weighted by Gasteiger charge is 2.30. The maximum Gasteiger partial charge on any atom is 0.315 e. The highest BCUT2D eigenvalue weighted by molar-refractivity contribution is 5.74. The predicted octanol–water partition coefficient (Wildman–Crippen LogP) is 2.70. The Hall–Kier alpha value is -2.34. The van der Waals surface area contributed by atoms with Gasteiger partial charge in [-0.25, -0.2) is 4.79 Å². The second-order valence-electron chi connectivity index (χ2n) is 6.24. The molecule has 2 N–H and O–H groups in total. The van der Waals surface area contributed by atoms with Crippen LogP contribution in [0.5, 0.6) is 0 Å². The summed E-state index contributed by atoms with van der Waals surface area (Å²) in [4.78, 5) is 12.4. The number of nitrogens with one attached hydrogen (secondary N) is 2. The smallest absolute Gasteiger partial charge is 0.315 e. The lowest BCUT2D eigenvalue weighted by Crippen LogP contribution is -2.47. The maximum absolute atomic E-state index is 12.4. The molecular formula is C18H24N4O2. The molecule has 1 saturated heterocycles. The van der Waals surface area contributed by atoms with Gasteiger partial charge in [0, 0.05) is 25.4 Å². The molecule has 2 amide bonds. The molecule has 0 bridgehead atoms. The summed E-state index contributed by atoms with van der Waals surface area (Å²) in [5.74, 6) is 0. The molecule has 1 aromatic heterocycles. The van der Waals surface area contributed by atoms with E-state index < -0.39 is 0 Å². The van der Waals surface area contributed by atoms with E-state index in [1.165, 1.54) is 0 Å². The second-order valence-corrected chi connectivity index (χ2v) is 6.24. The van der Waals surface area contributed by atoms with Crippen LogP contribution in [-0.4, -0.2) is 28.5 Å². The fourth-order valence-corrected chi connectivity index (χ4v) is 3.08. The number of hydrogen-bond acceptors (Lipinski definition) is 3. The van der Waals surface area contributed by atoms with E-state index in [2.05, 4.69) is 15.7 Å². The van der Waals surface area contributed by atoms with Crippen LogP contribution in [0.1, 0.15) is 43.0 Å². The Bertz CT molecular complexity index is 671. The fourth-order valence-electron chi connectivity index (χ4n) is 3.08. The van der Waals surface area contributed by atoms with Crippen LogP contribution in [-0.2, 0) is 11.8 Å². The van der Waals surface area contributed by atoms with E-state index in [4.69, 9.17) is 4.74 Å². The van der Waals surface area contributed by atoms with E-state index in [9.17, 15) is 4.79 Å². The summed E-state index contributed by atoms with van der Waals surface area (Å²) >= 11 is 0. The summed E-state index contributed by atoms with van der Waals surface area (Å²) in [5.41, 5.74) is 2.08. The van der Waals surface area contributed by atoms with Crippen molar-refractivity contribution in [3.63, 3.8) is 0 Å². The molecule has 0 saturated carbocycles. The second kappa shape index (κ2) is 7.49. The molecular weight excluding hydrogens is 304 g/mol. The van der Waals surface area contributed by atoms with Gasteiger partial charge in [-0.1, -0.05) is 30.3 Å². The first-order valence-corrected chi connectivity index (χ1v) is 8.35. The number of carbonyl (C=O) groups is 1. The number of benzene rings is 1. The minimum absolute atomic E-state index is 0.0486. The molecule has 1 aromatic carbocycles. The lowest BCUT2D eigenvalue weighted by atomic mass is 9.98. The van der Waals surface area contributed by atoms with Crippen molar-refractivity contribution in [1.82, 2.24) is 20.4 Å². The van der Waals surface area contributed by atoms with E-state index in [-0.39, 0.29) is 24.2 Å². The van der Waals surface area contributed by atoms with E-state index in [1.807, 2.05) is 50.5 Å². The van der Waals surface area contributed by atoms with Crippen LogP contribution >= 0.6 is 0 Å². The van der Waals surface area contributed by atoms with Gasteiger partial charge in [-0.05, 0) is 25.3 Å². The lowest BCUT2D eigenvalue weighted by Gasteiger charge is -2.32. The molecule has 0 radical (unpaired) electrons. The summed E-state index contributed by atoms with van der Waals surface area (Å²) in [6, 6.07) is 9.65. The van der Waals surface area contributed by atoms with Gasteiger partial charge in [0.1, 0.15) is 6.10 Å². The molecule has 1 aliphatic rings. The number of ether oxygens (including phenoxy) is 1. The minimum atomic E-state index is -0.171. The van der Waals surface area contributed by atoms with Crippen molar-refractivity contribution in [2.45, 2.75) is 38.0 Å². The zero-order valence-electron chi connectivity index (χ0n) is 14.1. The van der Waals surface area contributed by atoms with Crippen molar-refractivity contribution in [2.75, 3.05) is 6.61 Å². The first-order chi connectivity index (χ1) is 11.6. The number of urea groups is 1. The zero-order valence-corrected chi connectivity index (χ0v) is 14.1. The molecule has 6 nitrogen and oxygen atoms in total. The van der Waals surface area contributed by atoms with Crippen molar-refractivity contribution in [3.05, 3.63) is 53.9 Å². The van der Waals surface area contributed by atoms with Crippen LogP contribution in [0.2, 0.25) is 0 Å². The van der Waals surface area contributed by atoms with Gasteiger partial charge in [-0.3, -0.25) is 4.68 Å². The van der Waals surface area contributed by atoms with E-state index in [1.54, 1.807) is 10.9 Å². The highest BCUT2D eigenvalue weighted by atomic mass is 16.5. The Morgan fingerprint density at radius 1 is 1.38 bits per heavy atom. The molecule has 0 spiro atoms. The molecule has 1 aliphatic heterocycles. The Labute approximate surface area is 142 Å². The predicted molar refractivity (Wildman–Crippen MR) is 91.4 cm³/mol. The quantitative estimate of drug-likeness (QED) is 0.907. The van der Waals surface area contributed by atoms with Crippen LogP contribution < -0.4 is 10.6 Å². The molecule has 1 fully saturated rings. The molecule has 3 atom stereocenters. The minimum Gasteiger partial charge on any atom is -0.371 e.